The van der Waals surface area contributed by atoms with Gasteiger partial charge in [0.2, 0.25) is 5.60 Å². The second-order valence-electron chi connectivity index (χ2n) is 3.95. The molecule has 0 aromatic heterocycles. The van der Waals surface area contributed by atoms with Crippen LogP contribution in [0.4, 0.5) is 0 Å². The normalized spacial score (nSPS) is 28.3. The number of hydrogen-bond acceptors (Lipinski definition) is 3. The molecule has 0 aliphatic carbocycles. The first-order chi connectivity index (χ1) is 8.33. The molecule has 0 bridgehead atoms. The topological polar surface area (TPSA) is 42.2 Å². The Bertz CT molecular complexity index is 424. The Morgan fingerprint density at radius 2 is 2.18 bits per heavy atom. The SMILES string of the molecule is C=CCC1OCCOC1(C#N)c1ccccc1. The van der Waals surface area contributed by atoms with Gasteiger partial charge in [-0.2, -0.15) is 5.26 Å². The van der Waals surface area contributed by atoms with Crippen molar-refractivity contribution in [2.24, 2.45) is 0 Å². The van der Waals surface area contributed by atoms with Gasteiger partial charge in [0.05, 0.1) is 13.2 Å². The molecule has 1 aromatic carbocycles. The van der Waals surface area contributed by atoms with Crippen LogP contribution in [0.15, 0.2) is 43.0 Å². The maximum atomic E-state index is 9.50. The van der Waals surface area contributed by atoms with E-state index in [4.69, 9.17) is 9.47 Å². The van der Waals surface area contributed by atoms with Gasteiger partial charge in [-0.25, -0.2) is 0 Å². The first-order valence-electron chi connectivity index (χ1n) is 5.66. The summed E-state index contributed by atoms with van der Waals surface area (Å²) in [5.41, 5.74) is -0.165. The van der Waals surface area contributed by atoms with Gasteiger partial charge in [0, 0.05) is 5.56 Å². The molecule has 2 rings (SSSR count). The number of hydrogen-bond donors (Lipinski definition) is 0. The largest absolute Gasteiger partial charge is 0.371 e. The third-order valence-corrected chi connectivity index (χ3v) is 2.94. The van der Waals surface area contributed by atoms with Crippen LogP contribution < -0.4 is 0 Å². The summed E-state index contributed by atoms with van der Waals surface area (Å²) in [7, 11) is 0. The predicted molar refractivity (Wildman–Crippen MR) is 64.2 cm³/mol. The highest BCUT2D eigenvalue weighted by atomic mass is 16.6. The number of ether oxygens (including phenoxy) is 2. The number of nitriles is 1. The zero-order chi connectivity index (χ0) is 12.1. The van der Waals surface area contributed by atoms with E-state index >= 15 is 0 Å². The minimum Gasteiger partial charge on any atom is -0.371 e. The van der Waals surface area contributed by atoms with E-state index in [2.05, 4.69) is 12.6 Å². The van der Waals surface area contributed by atoms with Crippen LogP contribution in [0.3, 0.4) is 0 Å². The van der Waals surface area contributed by atoms with Crippen molar-refractivity contribution in [2.45, 2.75) is 18.1 Å². The van der Waals surface area contributed by atoms with Gasteiger partial charge < -0.3 is 9.47 Å². The summed E-state index contributed by atoms with van der Waals surface area (Å²) in [6.45, 7) is 4.67. The van der Waals surface area contributed by atoms with Crippen molar-refractivity contribution >= 4 is 0 Å². The smallest absolute Gasteiger partial charge is 0.206 e. The van der Waals surface area contributed by atoms with E-state index in [1.54, 1.807) is 6.08 Å². The lowest BCUT2D eigenvalue weighted by atomic mass is 9.86. The number of nitrogens with zero attached hydrogens (tertiary/aromatic N) is 1. The van der Waals surface area contributed by atoms with Gasteiger partial charge in [-0.1, -0.05) is 36.4 Å². The zero-order valence-corrected chi connectivity index (χ0v) is 9.63. The van der Waals surface area contributed by atoms with Crippen LogP contribution in [0, 0.1) is 11.3 Å². The lowest BCUT2D eigenvalue weighted by Crippen LogP contribution is -2.47. The number of rotatable bonds is 3. The molecule has 1 aliphatic rings. The third kappa shape index (κ3) is 2.10. The molecule has 2 atom stereocenters. The average molecular weight is 229 g/mol. The minimum absolute atomic E-state index is 0.291. The molecule has 1 aromatic rings. The van der Waals surface area contributed by atoms with E-state index in [9.17, 15) is 5.26 Å². The monoisotopic (exact) mass is 229 g/mol. The van der Waals surface area contributed by atoms with E-state index in [1.807, 2.05) is 30.3 Å². The van der Waals surface area contributed by atoms with Gasteiger partial charge in [0.15, 0.2) is 0 Å². The van der Waals surface area contributed by atoms with Crippen molar-refractivity contribution in [3.05, 3.63) is 48.6 Å². The van der Waals surface area contributed by atoms with Crippen LogP contribution in [0.1, 0.15) is 12.0 Å². The Morgan fingerprint density at radius 1 is 1.41 bits per heavy atom. The Morgan fingerprint density at radius 3 is 2.82 bits per heavy atom. The molecule has 0 spiro atoms. The lowest BCUT2D eigenvalue weighted by Gasteiger charge is -2.38. The molecule has 1 fully saturated rings. The van der Waals surface area contributed by atoms with Gasteiger partial charge in [0.25, 0.3) is 0 Å². The van der Waals surface area contributed by atoms with Crippen molar-refractivity contribution in [2.75, 3.05) is 13.2 Å². The van der Waals surface area contributed by atoms with Crippen molar-refractivity contribution in [3.8, 4) is 6.07 Å². The molecule has 88 valence electrons. The highest BCUT2D eigenvalue weighted by Gasteiger charge is 2.44. The Hall–Kier alpha value is -1.63. The Balaban J connectivity index is 2.40. The maximum Gasteiger partial charge on any atom is 0.206 e. The molecule has 1 aliphatic heterocycles. The van der Waals surface area contributed by atoms with Crippen LogP contribution >= 0.6 is 0 Å². The Kier molecular flexibility index (Phi) is 3.58. The van der Waals surface area contributed by atoms with Gasteiger partial charge in [-0.05, 0) is 6.42 Å². The van der Waals surface area contributed by atoms with Gasteiger partial charge >= 0.3 is 0 Å². The average Bonchev–Trinajstić information content (AvgIpc) is 2.41. The van der Waals surface area contributed by atoms with Gasteiger partial charge in [-0.3, -0.25) is 0 Å². The van der Waals surface area contributed by atoms with Gasteiger partial charge in [-0.15, -0.1) is 6.58 Å². The molecule has 1 heterocycles. The Labute approximate surface area is 101 Å². The summed E-state index contributed by atoms with van der Waals surface area (Å²) < 4.78 is 11.4. The minimum atomic E-state index is -1.01. The van der Waals surface area contributed by atoms with E-state index in [1.165, 1.54) is 0 Å². The molecule has 0 saturated carbocycles. The highest BCUT2D eigenvalue weighted by Crippen LogP contribution is 2.35. The molecule has 2 unspecified atom stereocenters. The summed E-state index contributed by atoms with van der Waals surface area (Å²) in [6.07, 6.45) is 2.07. The highest BCUT2D eigenvalue weighted by molar-refractivity contribution is 5.31. The fourth-order valence-corrected chi connectivity index (χ4v) is 2.11. The van der Waals surface area contributed by atoms with Gasteiger partial charge in [0.1, 0.15) is 12.2 Å². The molecule has 3 heteroatoms. The second-order valence-corrected chi connectivity index (χ2v) is 3.95. The fourth-order valence-electron chi connectivity index (χ4n) is 2.11. The fraction of sp³-hybridized carbons (Fsp3) is 0.357. The molecule has 3 nitrogen and oxygen atoms in total. The van der Waals surface area contributed by atoms with Crippen LogP contribution in [0.2, 0.25) is 0 Å². The number of benzene rings is 1. The standard InChI is InChI=1S/C14H15NO2/c1-2-6-13-14(11-15,17-10-9-16-13)12-7-4-3-5-8-12/h2-5,7-8,13H,1,6,9-10H2. The van der Waals surface area contributed by atoms with Crippen molar-refractivity contribution in [3.63, 3.8) is 0 Å². The second kappa shape index (κ2) is 5.13. The molecular weight excluding hydrogens is 214 g/mol. The summed E-state index contributed by atoms with van der Waals surface area (Å²) >= 11 is 0. The molecule has 17 heavy (non-hydrogen) atoms. The molecule has 0 amide bonds. The molecule has 0 radical (unpaired) electrons. The van der Waals surface area contributed by atoms with Crippen molar-refractivity contribution in [1.29, 1.82) is 5.26 Å². The maximum absolute atomic E-state index is 9.50. The first kappa shape index (κ1) is 11.8. The van der Waals surface area contributed by atoms with Crippen molar-refractivity contribution < 1.29 is 9.47 Å². The quantitative estimate of drug-likeness (QED) is 0.747. The molecular formula is C14H15NO2. The lowest BCUT2D eigenvalue weighted by molar-refractivity contribution is -0.180. The van der Waals surface area contributed by atoms with E-state index in [0.29, 0.717) is 19.6 Å². The summed E-state index contributed by atoms with van der Waals surface area (Å²) in [4.78, 5) is 0. The predicted octanol–water partition coefficient (Wildman–Crippen LogP) is 2.40. The van der Waals surface area contributed by atoms with E-state index in [0.717, 1.165) is 5.56 Å². The summed E-state index contributed by atoms with van der Waals surface area (Å²) in [5, 5.41) is 9.50. The van der Waals surface area contributed by atoms with Crippen LogP contribution in [-0.4, -0.2) is 19.3 Å². The molecule has 1 saturated heterocycles. The third-order valence-electron chi connectivity index (χ3n) is 2.94. The first-order valence-corrected chi connectivity index (χ1v) is 5.66. The van der Waals surface area contributed by atoms with Crippen LogP contribution in [-0.2, 0) is 15.1 Å². The zero-order valence-electron chi connectivity index (χ0n) is 9.63. The van der Waals surface area contributed by atoms with Crippen LogP contribution in [0.5, 0.6) is 0 Å². The van der Waals surface area contributed by atoms with Crippen LogP contribution in [0.25, 0.3) is 0 Å². The molecule has 0 N–H and O–H groups in total. The van der Waals surface area contributed by atoms with E-state index in [-0.39, 0.29) is 6.10 Å². The van der Waals surface area contributed by atoms with Crippen molar-refractivity contribution in [1.82, 2.24) is 0 Å². The summed E-state index contributed by atoms with van der Waals surface area (Å²) in [5.74, 6) is 0. The van der Waals surface area contributed by atoms with E-state index < -0.39 is 5.60 Å². The summed E-state index contributed by atoms with van der Waals surface area (Å²) in [6, 6.07) is 11.8.